The van der Waals surface area contributed by atoms with E-state index in [4.69, 9.17) is 4.74 Å². The summed E-state index contributed by atoms with van der Waals surface area (Å²) in [6, 6.07) is 0. The number of alkyl halides is 1. The van der Waals surface area contributed by atoms with Crippen LogP contribution < -0.4 is 10.6 Å². The largest absolute Gasteiger partial charge is 0.456 e. The predicted molar refractivity (Wildman–Crippen MR) is 91.4 cm³/mol. The van der Waals surface area contributed by atoms with Gasteiger partial charge in [-0.2, -0.15) is 0 Å². The second-order valence-corrected chi connectivity index (χ2v) is 9.58. The van der Waals surface area contributed by atoms with Crippen molar-refractivity contribution in [3.63, 3.8) is 0 Å². The summed E-state index contributed by atoms with van der Waals surface area (Å²) in [5.41, 5.74) is 0.0449. The highest BCUT2D eigenvalue weighted by molar-refractivity contribution is 9.10. The molecule has 0 aromatic heterocycles. The molecule has 2 unspecified atom stereocenters. The molecule has 4 saturated carbocycles. The van der Waals surface area contributed by atoms with Crippen molar-refractivity contribution < 1.29 is 19.1 Å². The van der Waals surface area contributed by atoms with E-state index in [1.165, 1.54) is 26.3 Å². The molecule has 0 aromatic rings. The summed E-state index contributed by atoms with van der Waals surface area (Å²) in [4.78, 5) is 34.9. The number of amides is 2. The van der Waals surface area contributed by atoms with Gasteiger partial charge in [0.1, 0.15) is 0 Å². The Labute approximate surface area is 150 Å². The van der Waals surface area contributed by atoms with E-state index in [-0.39, 0.29) is 34.8 Å². The first-order valence-corrected chi connectivity index (χ1v) is 9.43. The van der Waals surface area contributed by atoms with Gasteiger partial charge in [0.05, 0.1) is 13.0 Å². The summed E-state index contributed by atoms with van der Waals surface area (Å²) in [5.74, 6) is 0.395. The van der Waals surface area contributed by atoms with E-state index in [0.29, 0.717) is 18.3 Å². The molecule has 0 radical (unpaired) electrons. The van der Waals surface area contributed by atoms with Crippen LogP contribution in [0.3, 0.4) is 0 Å². The maximum Gasteiger partial charge on any atom is 0.306 e. The molecule has 6 nitrogen and oxygen atoms in total. The smallest absolute Gasteiger partial charge is 0.306 e. The normalized spacial score (nSPS) is 36.2. The molecule has 134 valence electrons. The summed E-state index contributed by atoms with van der Waals surface area (Å²) in [7, 11) is 1.50. The average Bonchev–Trinajstić information content (AvgIpc) is 2.47. The molecule has 0 spiro atoms. The number of hydrogen-bond donors (Lipinski definition) is 2. The maximum atomic E-state index is 12.2. The first kappa shape index (κ1) is 17.7. The van der Waals surface area contributed by atoms with Crippen molar-refractivity contribution in [2.24, 2.45) is 17.3 Å². The van der Waals surface area contributed by atoms with Crippen molar-refractivity contribution in [3.05, 3.63) is 0 Å². The quantitative estimate of drug-likeness (QED) is 0.522. The lowest BCUT2D eigenvalue weighted by molar-refractivity contribution is -0.154. The highest BCUT2D eigenvalue weighted by atomic mass is 79.9. The third kappa shape index (κ3) is 3.92. The Bertz CT molecular complexity index is 537. The highest BCUT2D eigenvalue weighted by Crippen LogP contribution is 2.65. The Morgan fingerprint density at radius 1 is 1.12 bits per heavy atom. The van der Waals surface area contributed by atoms with Crippen LogP contribution in [0.5, 0.6) is 0 Å². The van der Waals surface area contributed by atoms with E-state index in [0.717, 1.165) is 19.3 Å². The second-order valence-electron chi connectivity index (χ2n) is 7.90. The van der Waals surface area contributed by atoms with Gasteiger partial charge in [-0.3, -0.25) is 14.4 Å². The zero-order chi connectivity index (χ0) is 17.4. The topological polar surface area (TPSA) is 84.5 Å². The number of nitrogens with one attached hydrogen (secondary N) is 2. The van der Waals surface area contributed by atoms with Gasteiger partial charge in [-0.15, -0.1) is 0 Å². The van der Waals surface area contributed by atoms with Gasteiger partial charge in [0.2, 0.25) is 5.91 Å². The molecule has 0 aromatic carbocycles. The fourth-order valence-corrected chi connectivity index (χ4v) is 6.87. The van der Waals surface area contributed by atoms with E-state index in [1.54, 1.807) is 0 Å². The van der Waals surface area contributed by atoms with Gasteiger partial charge in [0, 0.05) is 11.4 Å². The van der Waals surface area contributed by atoms with Gasteiger partial charge < -0.3 is 15.4 Å². The van der Waals surface area contributed by atoms with Crippen molar-refractivity contribution in [1.29, 1.82) is 0 Å². The molecule has 0 aliphatic heterocycles. The van der Waals surface area contributed by atoms with Gasteiger partial charge in [-0.05, 0) is 55.8 Å². The molecule has 4 bridgehead atoms. The number of halogens is 1. The maximum absolute atomic E-state index is 12.2. The van der Waals surface area contributed by atoms with Crippen molar-refractivity contribution >= 4 is 33.7 Å². The van der Waals surface area contributed by atoms with Gasteiger partial charge >= 0.3 is 5.97 Å². The van der Waals surface area contributed by atoms with Gasteiger partial charge in [0.15, 0.2) is 6.61 Å². The van der Waals surface area contributed by atoms with Crippen LogP contribution in [0.15, 0.2) is 0 Å². The van der Waals surface area contributed by atoms with Crippen molar-refractivity contribution in [3.8, 4) is 0 Å². The SMILES string of the molecule is CNC(=O)CNC(=O)COC(=O)CC12C[C@@H]3C[C@@H](CC(Br)(C3)C1)C2. The lowest BCUT2D eigenvalue weighted by Crippen LogP contribution is -2.53. The van der Waals surface area contributed by atoms with Crippen LogP contribution >= 0.6 is 15.9 Å². The number of ether oxygens (including phenoxy) is 1. The molecule has 4 aliphatic carbocycles. The molecule has 2 N–H and O–H groups in total. The number of rotatable bonds is 6. The van der Waals surface area contributed by atoms with Crippen molar-refractivity contribution in [1.82, 2.24) is 10.6 Å². The molecule has 24 heavy (non-hydrogen) atoms. The molecular formula is C17H25BrN2O4. The third-order valence-corrected chi connectivity index (χ3v) is 6.65. The summed E-state index contributed by atoms with van der Waals surface area (Å²) in [5, 5.41) is 4.83. The first-order chi connectivity index (χ1) is 11.3. The summed E-state index contributed by atoms with van der Waals surface area (Å²) in [6.45, 7) is -0.426. The molecule has 0 heterocycles. The fourth-order valence-electron chi connectivity index (χ4n) is 5.36. The summed E-state index contributed by atoms with van der Waals surface area (Å²) in [6.07, 6.45) is 7.39. The lowest BCUT2D eigenvalue weighted by atomic mass is 9.49. The summed E-state index contributed by atoms with van der Waals surface area (Å²) >= 11 is 3.93. The third-order valence-electron chi connectivity index (χ3n) is 5.72. The van der Waals surface area contributed by atoms with Crippen molar-refractivity contribution in [2.45, 2.75) is 49.3 Å². The molecule has 4 rings (SSSR count). The molecule has 4 fully saturated rings. The molecule has 7 heteroatoms. The van der Waals surface area contributed by atoms with E-state index in [2.05, 4.69) is 26.6 Å². The first-order valence-electron chi connectivity index (χ1n) is 8.63. The zero-order valence-corrected chi connectivity index (χ0v) is 15.6. The van der Waals surface area contributed by atoms with Gasteiger partial charge in [0.25, 0.3) is 5.91 Å². The van der Waals surface area contributed by atoms with Crippen LogP contribution in [0.4, 0.5) is 0 Å². The fraction of sp³-hybridized carbons (Fsp3) is 0.824. The van der Waals surface area contributed by atoms with Crippen LogP contribution in [0, 0.1) is 17.3 Å². The minimum atomic E-state index is -0.450. The Balaban J connectivity index is 1.47. The molecular weight excluding hydrogens is 376 g/mol. The standard InChI is InChI=1S/C17H25BrN2O4/c1-19-13(21)8-20-14(22)9-24-15(23)7-16-3-11-2-12(4-16)6-17(18,5-11)10-16/h11-12H,2-10H2,1H3,(H,19,21)(H,20,22)/t11-,12+,16?,17?. The molecule has 2 amide bonds. The Morgan fingerprint density at radius 3 is 2.38 bits per heavy atom. The van der Waals surface area contributed by atoms with Crippen LogP contribution in [0.1, 0.15) is 44.9 Å². The van der Waals surface area contributed by atoms with Gasteiger partial charge in [-0.1, -0.05) is 15.9 Å². The number of likely N-dealkylation sites (N-methyl/N-ethyl adjacent to an activating group) is 1. The van der Waals surface area contributed by atoms with Crippen LogP contribution in [0.25, 0.3) is 0 Å². The Kier molecular flexibility index (Phi) is 4.91. The van der Waals surface area contributed by atoms with E-state index >= 15 is 0 Å². The molecule has 4 aliphatic rings. The van der Waals surface area contributed by atoms with Crippen LogP contribution in [-0.4, -0.2) is 42.3 Å². The molecule has 4 atom stereocenters. The summed E-state index contributed by atoms with van der Waals surface area (Å²) < 4.78 is 5.35. The predicted octanol–water partition coefficient (Wildman–Crippen LogP) is 1.52. The average molecular weight is 401 g/mol. The van der Waals surface area contributed by atoms with E-state index in [1.807, 2.05) is 0 Å². The lowest BCUT2D eigenvalue weighted by Gasteiger charge is -2.60. The minimum Gasteiger partial charge on any atom is -0.456 e. The van der Waals surface area contributed by atoms with Crippen LogP contribution in [0.2, 0.25) is 0 Å². The number of hydrogen-bond acceptors (Lipinski definition) is 4. The van der Waals surface area contributed by atoms with Gasteiger partial charge in [-0.25, -0.2) is 0 Å². The van der Waals surface area contributed by atoms with Crippen molar-refractivity contribution in [2.75, 3.05) is 20.2 Å². The Morgan fingerprint density at radius 2 is 1.79 bits per heavy atom. The minimum absolute atomic E-state index is 0.0449. The number of carbonyl (C=O) groups excluding carboxylic acids is 3. The van der Waals surface area contributed by atoms with E-state index in [9.17, 15) is 14.4 Å². The van der Waals surface area contributed by atoms with Crippen LogP contribution in [-0.2, 0) is 19.1 Å². The Hall–Kier alpha value is -1.11. The number of esters is 1. The van der Waals surface area contributed by atoms with E-state index < -0.39 is 5.91 Å². The molecule has 0 saturated heterocycles. The monoisotopic (exact) mass is 400 g/mol. The second kappa shape index (κ2) is 6.65. The number of carbonyl (C=O) groups is 3. The highest BCUT2D eigenvalue weighted by Gasteiger charge is 2.57. The zero-order valence-electron chi connectivity index (χ0n) is 14.0.